The summed E-state index contributed by atoms with van der Waals surface area (Å²) in [5, 5.41) is 13.7. The molecule has 0 saturated carbocycles. The van der Waals surface area contributed by atoms with Crippen molar-refractivity contribution in [1.82, 2.24) is 25.5 Å². The second-order valence-electron chi connectivity index (χ2n) is 5.62. The van der Waals surface area contributed by atoms with E-state index in [1.54, 1.807) is 25.1 Å². The van der Waals surface area contributed by atoms with Gasteiger partial charge in [-0.2, -0.15) is 0 Å². The normalized spacial score (nSPS) is 12.0. The van der Waals surface area contributed by atoms with Gasteiger partial charge in [0.2, 0.25) is 0 Å². The van der Waals surface area contributed by atoms with E-state index in [0.29, 0.717) is 11.1 Å². The van der Waals surface area contributed by atoms with E-state index in [0.717, 1.165) is 23.4 Å². The van der Waals surface area contributed by atoms with Crippen LogP contribution in [0.15, 0.2) is 42.7 Å². The SMILES string of the molecule is Cc1cc(C(=O)NC(C)c2ccc(F)c(F)c2)ccc1-n1cnnn1. The summed E-state index contributed by atoms with van der Waals surface area (Å²) in [6.45, 7) is 3.54. The third-order valence-corrected chi connectivity index (χ3v) is 3.85. The van der Waals surface area contributed by atoms with Crippen LogP contribution in [-0.4, -0.2) is 26.1 Å². The summed E-state index contributed by atoms with van der Waals surface area (Å²) in [5.41, 5.74) is 2.51. The van der Waals surface area contributed by atoms with Crippen molar-refractivity contribution in [3.63, 3.8) is 0 Å². The van der Waals surface area contributed by atoms with E-state index in [4.69, 9.17) is 0 Å². The third kappa shape index (κ3) is 3.52. The van der Waals surface area contributed by atoms with Gasteiger partial charge in [-0.25, -0.2) is 13.5 Å². The predicted octanol–water partition coefficient (Wildman–Crippen LogP) is 2.74. The first-order valence-electron chi connectivity index (χ1n) is 7.55. The van der Waals surface area contributed by atoms with E-state index >= 15 is 0 Å². The van der Waals surface area contributed by atoms with E-state index in [2.05, 4.69) is 20.8 Å². The molecule has 1 heterocycles. The van der Waals surface area contributed by atoms with Crippen LogP contribution < -0.4 is 5.32 Å². The molecule has 3 aromatic rings. The van der Waals surface area contributed by atoms with Crippen molar-refractivity contribution in [3.8, 4) is 5.69 Å². The number of benzene rings is 2. The second kappa shape index (κ2) is 6.76. The van der Waals surface area contributed by atoms with E-state index < -0.39 is 17.7 Å². The van der Waals surface area contributed by atoms with Crippen LogP contribution in [-0.2, 0) is 0 Å². The Bertz CT molecular complexity index is 911. The maximum Gasteiger partial charge on any atom is 0.251 e. The van der Waals surface area contributed by atoms with Gasteiger partial charge in [-0.1, -0.05) is 6.07 Å². The van der Waals surface area contributed by atoms with E-state index in [1.807, 2.05) is 6.92 Å². The summed E-state index contributed by atoms with van der Waals surface area (Å²) in [4.78, 5) is 12.4. The number of carbonyl (C=O) groups is 1. The highest BCUT2D eigenvalue weighted by atomic mass is 19.2. The molecule has 0 bridgehead atoms. The number of amides is 1. The van der Waals surface area contributed by atoms with Crippen LogP contribution in [0.4, 0.5) is 8.78 Å². The molecular formula is C17H15F2N5O. The first-order valence-corrected chi connectivity index (χ1v) is 7.55. The molecule has 1 N–H and O–H groups in total. The molecule has 0 aliphatic carbocycles. The fourth-order valence-corrected chi connectivity index (χ4v) is 2.47. The highest BCUT2D eigenvalue weighted by Gasteiger charge is 2.14. The molecule has 1 amide bonds. The lowest BCUT2D eigenvalue weighted by atomic mass is 10.1. The van der Waals surface area contributed by atoms with Gasteiger partial charge in [0.15, 0.2) is 11.6 Å². The highest BCUT2D eigenvalue weighted by molar-refractivity contribution is 5.94. The number of aryl methyl sites for hydroxylation is 1. The van der Waals surface area contributed by atoms with Crippen molar-refractivity contribution in [2.45, 2.75) is 19.9 Å². The molecule has 3 rings (SSSR count). The smallest absolute Gasteiger partial charge is 0.251 e. The van der Waals surface area contributed by atoms with Crippen molar-refractivity contribution >= 4 is 5.91 Å². The molecule has 0 spiro atoms. The summed E-state index contributed by atoms with van der Waals surface area (Å²) in [6, 6.07) is 8.19. The summed E-state index contributed by atoms with van der Waals surface area (Å²) in [7, 11) is 0. The van der Waals surface area contributed by atoms with Crippen molar-refractivity contribution < 1.29 is 13.6 Å². The van der Waals surface area contributed by atoms with Crippen LogP contribution >= 0.6 is 0 Å². The van der Waals surface area contributed by atoms with Crippen molar-refractivity contribution in [2.75, 3.05) is 0 Å². The van der Waals surface area contributed by atoms with Gasteiger partial charge in [0.1, 0.15) is 6.33 Å². The number of nitrogens with zero attached hydrogens (tertiary/aromatic N) is 4. The van der Waals surface area contributed by atoms with Crippen LogP contribution in [0.1, 0.15) is 34.5 Å². The van der Waals surface area contributed by atoms with E-state index in [9.17, 15) is 13.6 Å². The van der Waals surface area contributed by atoms with Gasteiger partial charge in [0, 0.05) is 5.56 Å². The molecule has 0 radical (unpaired) electrons. The van der Waals surface area contributed by atoms with Crippen molar-refractivity contribution in [1.29, 1.82) is 0 Å². The molecule has 0 saturated heterocycles. The Hall–Kier alpha value is -3.16. The Labute approximate surface area is 142 Å². The minimum atomic E-state index is -0.944. The molecule has 1 atom stereocenters. The standard InChI is InChI=1S/C17H15F2N5O/c1-10-7-13(4-6-16(10)24-9-20-22-23-24)17(25)21-11(2)12-3-5-14(18)15(19)8-12/h3-9,11H,1-2H3,(H,21,25). The number of tetrazole rings is 1. The summed E-state index contributed by atoms with van der Waals surface area (Å²) < 4.78 is 27.8. The number of nitrogens with one attached hydrogen (secondary N) is 1. The average molecular weight is 343 g/mol. The van der Waals surface area contributed by atoms with E-state index in [1.165, 1.54) is 17.1 Å². The van der Waals surface area contributed by atoms with E-state index in [-0.39, 0.29) is 5.91 Å². The summed E-state index contributed by atoms with van der Waals surface area (Å²) in [5.74, 6) is -2.18. The van der Waals surface area contributed by atoms with Gasteiger partial charge in [-0.3, -0.25) is 4.79 Å². The summed E-state index contributed by atoms with van der Waals surface area (Å²) in [6.07, 6.45) is 1.47. The van der Waals surface area contributed by atoms with Crippen LogP contribution in [0.3, 0.4) is 0 Å². The van der Waals surface area contributed by atoms with Crippen LogP contribution in [0, 0.1) is 18.6 Å². The molecule has 6 nitrogen and oxygen atoms in total. The first-order chi connectivity index (χ1) is 12.0. The fraction of sp³-hybridized carbons (Fsp3) is 0.176. The molecule has 8 heteroatoms. The van der Waals surface area contributed by atoms with Crippen molar-refractivity contribution in [3.05, 3.63) is 71.1 Å². The number of hydrogen-bond acceptors (Lipinski definition) is 4. The van der Waals surface area contributed by atoms with Gasteiger partial charge in [0.25, 0.3) is 5.91 Å². The highest BCUT2D eigenvalue weighted by Crippen LogP contribution is 2.18. The Morgan fingerprint density at radius 2 is 1.96 bits per heavy atom. The largest absolute Gasteiger partial charge is 0.346 e. The zero-order valence-corrected chi connectivity index (χ0v) is 13.6. The molecule has 1 unspecified atom stereocenters. The van der Waals surface area contributed by atoms with Crippen LogP contribution in [0.5, 0.6) is 0 Å². The maximum atomic E-state index is 13.3. The molecule has 0 fully saturated rings. The number of rotatable bonds is 4. The van der Waals surface area contributed by atoms with Crippen molar-refractivity contribution in [2.24, 2.45) is 0 Å². The topological polar surface area (TPSA) is 72.7 Å². The van der Waals surface area contributed by atoms with Gasteiger partial charge in [0.05, 0.1) is 11.7 Å². The van der Waals surface area contributed by atoms with Crippen LogP contribution in [0.25, 0.3) is 5.69 Å². The second-order valence-corrected chi connectivity index (χ2v) is 5.62. The fourth-order valence-electron chi connectivity index (χ4n) is 2.47. The number of carbonyl (C=O) groups excluding carboxylic acids is 1. The van der Waals surface area contributed by atoms with Gasteiger partial charge < -0.3 is 5.32 Å². The lowest BCUT2D eigenvalue weighted by Gasteiger charge is -2.15. The number of halogens is 2. The lowest BCUT2D eigenvalue weighted by molar-refractivity contribution is 0.0939. The quantitative estimate of drug-likeness (QED) is 0.791. The first kappa shape index (κ1) is 16.7. The number of hydrogen-bond donors (Lipinski definition) is 1. The summed E-state index contributed by atoms with van der Waals surface area (Å²) >= 11 is 0. The molecule has 0 aliphatic heterocycles. The zero-order chi connectivity index (χ0) is 18.0. The van der Waals surface area contributed by atoms with Crippen LogP contribution in [0.2, 0.25) is 0 Å². The molecule has 1 aromatic heterocycles. The molecular weight excluding hydrogens is 328 g/mol. The van der Waals surface area contributed by atoms with Gasteiger partial charge >= 0.3 is 0 Å². The number of aromatic nitrogens is 4. The Morgan fingerprint density at radius 3 is 2.60 bits per heavy atom. The van der Waals surface area contributed by atoms with Gasteiger partial charge in [-0.15, -0.1) is 5.10 Å². The Balaban J connectivity index is 1.76. The minimum absolute atomic E-state index is 0.316. The molecule has 0 aliphatic rings. The lowest BCUT2D eigenvalue weighted by Crippen LogP contribution is -2.26. The maximum absolute atomic E-state index is 13.3. The Kier molecular flexibility index (Phi) is 4.51. The minimum Gasteiger partial charge on any atom is -0.346 e. The zero-order valence-electron chi connectivity index (χ0n) is 13.6. The predicted molar refractivity (Wildman–Crippen MR) is 86.1 cm³/mol. The molecule has 25 heavy (non-hydrogen) atoms. The Morgan fingerprint density at radius 1 is 1.16 bits per heavy atom. The molecule has 128 valence electrons. The monoisotopic (exact) mass is 343 g/mol. The third-order valence-electron chi connectivity index (χ3n) is 3.85. The van der Waals surface area contributed by atoms with Gasteiger partial charge in [-0.05, 0) is 65.7 Å². The average Bonchev–Trinajstić information content (AvgIpc) is 3.11. The molecule has 2 aromatic carbocycles.